The van der Waals surface area contributed by atoms with Gasteiger partial charge in [-0.15, -0.1) is 5.11 Å². The van der Waals surface area contributed by atoms with Crippen LogP contribution in [0.4, 0.5) is 32.3 Å². The smallest absolute Gasteiger partial charge is 0.438 e. The zero-order valence-corrected chi connectivity index (χ0v) is 18.4. The van der Waals surface area contributed by atoms with Gasteiger partial charge in [-0.1, -0.05) is 0 Å². The maximum absolute atomic E-state index is 11.2. The number of carbonyl (C=O) groups excluding carboxylic acids is 2. The van der Waals surface area contributed by atoms with Gasteiger partial charge in [-0.2, -0.15) is 10.4 Å². The molecule has 0 bridgehead atoms. The van der Waals surface area contributed by atoms with Crippen molar-refractivity contribution in [3.63, 3.8) is 0 Å². The van der Waals surface area contributed by atoms with Crippen LogP contribution in [0, 0.1) is 21.4 Å². The molecule has 0 heterocycles. The van der Waals surface area contributed by atoms with Crippen LogP contribution in [0.15, 0.2) is 52.7 Å². The van der Waals surface area contributed by atoms with Crippen molar-refractivity contribution in [3.8, 4) is 6.07 Å². The summed E-state index contributed by atoms with van der Waals surface area (Å²) in [6.45, 7) is 0.635. The van der Waals surface area contributed by atoms with Gasteiger partial charge < -0.3 is 23.8 Å². The molecule has 0 unspecified atom stereocenters. The molecule has 0 N–H and O–H groups in total. The number of benzene rings is 2. The number of anilines is 1. The standard InChI is InChI=1S/C21H21N5O8/c1-31-20(27)33-11-9-25(10-12-34-21(28)32-2)17-5-3-16(4-6-17)23-24-19-8-7-18(26(29)30)13-15(19)14-22/h3-8,13H,9-12H2,1-2H3/b24-23+. The molecule has 0 saturated carbocycles. The molecule has 34 heavy (non-hydrogen) atoms. The first-order chi connectivity index (χ1) is 16.4. The summed E-state index contributed by atoms with van der Waals surface area (Å²) in [4.78, 5) is 34.4. The molecule has 0 atom stereocenters. The molecule has 0 saturated heterocycles. The number of nitrogens with zero attached hydrogens (tertiary/aromatic N) is 5. The maximum Gasteiger partial charge on any atom is 0.508 e. The number of ether oxygens (including phenoxy) is 4. The molecule has 178 valence electrons. The van der Waals surface area contributed by atoms with Crippen molar-refractivity contribution in [3.05, 3.63) is 58.1 Å². The van der Waals surface area contributed by atoms with E-state index in [0.29, 0.717) is 11.4 Å². The largest absolute Gasteiger partial charge is 0.508 e. The number of non-ortho nitro benzene ring substituents is 1. The highest BCUT2D eigenvalue weighted by molar-refractivity contribution is 5.60. The number of azo groups is 1. The van der Waals surface area contributed by atoms with Gasteiger partial charge in [0.05, 0.1) is 43.5 Å². The van der Waals surface area contributed by atoms with E-state index in [1.165, 1.54) is 26.4 Å². The second kappa shape index (κ2) is 13.0. The van der Waals surface area contributed by atoms with Gasteiger partial charge in [0.15, 0.2) is 0 Å². The fraction of sp³-hybridized carbons (Fsp3) is 0.286. The van der Waals surface area contributed by atoms with E-state index in [0.717, 1.165) is 6.07 Å². The zero-order valence-electron chi connectivity index (χ0n) is 18.4. The predicted octanol–water partition coefficient (Wildman–Crippen LogP) is 4.25. The Balaban J connectivity index is 2.11. The van der Waals surface area contributed by atoms with Crippen LogP contribution in [-0.4, -0.2) is 57.8 Å². The molecule has 0 amide bonds. The van der Waals surface area contributed by atoms with Crippen molar-refractivity contribution >= 4 is 35.1 Å². The fourth-order valence-corrected chi connectivity index (χ4v) is 2.62. The second-order valence-corrected chi connectivity index (χ2v) is 6.38. The third-order valence-electron chi connectivity index (χ3n) is 4.30. The van der Waals surface area contributed by atoms with Crippen molar-refractivity contribution in [2.75, 3.05) is 45.4 Å². The van der Waals surface area contributed by atoms with Crippen LogP contribution in [0.2, 0.25) is 0 Å². The second-order valence-electron chi connectivity index (χ2n) is 6.38. The topological polar surface area (TPSA) is 166 Å². The van der Waals surface area contributed by atoms with Gasteiger partial charge in [0.25, 0.3) is 5.69 Å². The van der Waals surface area contributed by atoms with Crippen LogP contribution in [0.5, 0.6) is 0 Å². The highest BCUT2D eigenvalue weighted by Crippen LogP contribution is 2.27. The molecule has 13 nitrogen and oxygen atoms in total. The molecule has 0 aromatic heterocycles. The third-order valence-corrected chi connectivity index (χ3v) is 4.30. The Morgan fingerprint density at radius 2 is 1.59 bits per heavy atom. The predicted molar refractivity (Wildman–Crippen MR) is 117 cm³/mol. The molecule has 0 aliphatic heterocycles. The van der Waals surface area contributed by atoms with E-state index in [1.807, 2.05) is 6.07 Å². The Kier molecular flexibility index (Phi) is 9.73. The quantitative estimate of drug-likeness (QED) is 0.211. The first-order valence-electron chi connectivity index (χ1n) is 9.74. The minimum Gasteiger partial charge on any atom is -0.438 e. The number of rotatable bonds is 10. The number of nitriles is 1. The summed E-state index contributed by atoms with van der Waals surface area (Å²) in [5.41, 5.74) is 1.18. The zero-order chi connectivity index (χ0) is 24.9. The fourth-order valence-electron chi connectivity index (χ4n) is 2.62. The molecule has 0 aliphatic carbocycles. The minimum atomic E-state index is -0.815. The van der Waals surface area contributed by atoms with Crippen molar-refractivity contribution in [2.45, 2.75) is 0 Å². The summed E-state index contributed by atoms with van der Waals surface area (Å²) in [5.74, 6) is 0. The van der Waals surface area contributed by atoms with E-state index in [-0.39, 0.29) is 43.2 Å². The van der Waals surface area contributed by atoms with E-state index in [9.17, 15) is 25.0 Å². The van der Waals surface area contributed by atoms with Gasteiger partial charge in [-0.25, -0.2) is 9.59 Å². The molecule has 2 aromatic rings. The number of nitro groups is 1. The number of methoxy groups -OCH3 is 2. The maximum atomic E-state index is 11.2. The monoisotopic (exact) mass is 471 g/mol. The van der Waals surface area contributed by atoms with Gasteiger partial charge in [0.2, 0.25) is 0 Å². The lowest BCUT2D eigenvalue weighted by Crippen LogP contribution is -2.32. The Hall–Kier alpha value is -4.73. The SMILES string of the molecule is COC(=O)OCCN(CCOC(=O)OC)c1ccc(/N=N/c2ccc([N+](=O)[O-])cc2C#N)cc1. The van der Waals surface area contributed by atoms with Crippen molar-refractivity contribution in [1.82, 2.24) is 0 Å². The van der Waals surface area contributed by atoms with E-state index in [2.05, 4.69) is 19.7 Å². The molecule has 2 aromatic carbocycles. The van der Waals surface area contributed by atoms with Crippen molar-refractivity contribution in [1.29, 1.82) is 5.26 Å². The van der Waals surface area contributed by atoms with Crippen LogP contribution in [0.3, 0.4) is 0 Å². The summed E-state index contributed by atoms with van der Waals surface area (Å²) in [7, 11) is 2.40. The molecule has 13 heteroatoms. The van der Waals surface area contributed by atoms with Crippen LogP contribution < -0.4 is 4.90 Å². The molecule has 0 radical (unpaired) electrons. The Morgan fingerprint density at radius 3 is 2.09 bits per heavy atom. The highest BCUT2D eigenvalue weighted by atomic mass is 16.7. The van der Waals surface area contributed by atoms with Crippen LogP contribution in [0.1, 0.15) is 5.56 Å². The summed E-state index contributed by atoms with van der Waals surface area (Å²) < 4.78 is 18.7. The molecule has 0 spiro atoms. The minimum absolute atomic E-state index is 0.0250. The Bertz CT molecular complexity index is 1060. The highest BCUT2D eigenvalue weighted by Gasteiger charge is 2.12. The first kappa shape index (κ1) is 25.5. The van der Waals surface area contributed by atoms with E-state index >= 15 is 0 Å². The van der Waals surface area contributed by atoms with Crippen LogP contribution in [0.25, 0.3) is 0 Å². The van der Waals surface area contributed by atoms with E-state index in [4.69, 9.17) is 9.47 Å². The summed E-state index contributed by atoms with van der Waals surface area (Å²) in [5, 5.41) is 28.1. The lowest BCUT2D eigenvalue weighted by molar-refractivity contribution is -0.384. The average molecular weight is 471 g/mol. The number of nitro benzene ring substituents is 1. The van der Waals surface area contributed by atoms with Gasteiger partial charge in [-0.3, -0.25) is 10.1 Å². The number of hydrogen-bond donors (Lipinski definition) is 0. The molecule has 2 rings (SSSR count). The van der Waals surface area contributed by atoms with Gasteiger partial charge >= 0.3 is 12.3 Å². The number of hydrogen-bond acceptors (Lipinski definition) is 12. The Morgan fingerprint density at radius 1 is 1.00 bits per heavy atom. The van der Waals surface area contributed by atoms with E-state index in [1.54, 1.807) is 29.2 Å². The average Bonchev–Trinajstić information content (AvgIpc) is 2.86. The van der Waals surface area contributed by atoms with Crippen molar-refractivity contribution in [2.24, 2.45) is 10.2 Å². The lowest BCUT2D eigenvalue weighted by Gasteiger charge is -2.24. The molecule has 0 aliphatic rings. The summed E-state index contributed by atoms with van der Waals surface area (Å²) in [6.07, 6.45) is -1.63. The van der Waals surface area contributed by atoms with Crippen molar-refractivity contribution < 1.29 is 33.5 Å². The Labute approximate surface area is 194 Å². The van der Waals surface area contributed by atoms with Gasteiger partial charge in [0, 0.05) is 17.8 Å². The first-order valence-corrected chi connectivity index (χ1v) is 9.74. The normalized spacial score (nSPS) is 10.3. The lowest BCUT2D eigenvalue weighted by atomic mass is 10.2. The summed E-state index contributed by atoms with van der Waals surface area (Å²) >= 11 is 0. The van der Waals surface area contributed by atoms with Crippen LogP contribution >= 0.6 is 0 Å². The molecule has 0 fully saturated rings. The number of carbonyl (C=O) groups is 2. The van der Waals surface area contributed by atoms with Gasteiger partial charge in [0.1, 0.15) is 25.0 Å². The molecular formula is C21H21N5O8. The van der Waals surface area contributed by atoms with Crippen LogP contribution in [-0.2, 0) is 18.9 Å². The third kappa shape index (κ3) is 7.75. The summed E-state index contributed by atoms with van der Waals surface area (Å²) in [6, 6.07) is 12.3. The van der Waals surface area contributed by atoms with Gasteiger partial charge in [-0.05, 0) is 30.3 Å². The molecular weight excluding hydrogens is 450 g/mol. The van der Waals surface area contributed by atoms with E-state index < -0.39 is 17.2 Å².